The molecule has 1 aliphatic heterocycles. The zero-order valence-electron chi connectivity index (χ0n) is 13.0. The Hall–Kier alpha value is -0.810. The van der Waals surface area contributed by atoms with Crippen molar-refractivity contribution in [1.82, 2.24) is 16.0 Å². The highest BCUT2D eigenvalue weighted by atomic mass is 35.5. The SMILES string of the molecule is CC(=O)NC1(C(=O)NC2CNCCC2C)CCCCC1.Cl. The molecule has 2 fully saturated rings. The second-order valence-electron chi connectivity index (χ2n) is 6.37. The fourth-order valence-electron chi connectivity index (χ4n) is 3.39. The molecule has 2 aliphatic rings. The molecule has 1 heterocycles. The van der Waals surface area contributed by atoms with Gasteiger partial charge in [0.1, 0.15) is 5.54 Å². The largest absolute Gasteiger partial charge is 0.350 e. The Balaban J connectivity index is 0.00000220. The molecule has 0 aromatic rings. The predicted octanol–water partition coefficient (Wildman–Crippen LogP) is 1.36. The Morgan fingerprint density at radius 3 is 2.43 bits per heavy atom. The molecule has 1 saturated carbocycles. The molecule has 3 N–H and O–H groups in total. The molecule has 0 spiro atoms. The summed E-state index contributed by atoms with van der Waals surface area (Å²) in [4.78, 5) is 24.2. The van der Waals surface area contributed by atoms with Crippen LogP contribution in [0.5, 0.6) is 0 Å². The van der Waals surface area contributed by atoms with Crippen LogP contribution in [0.1, 0.15) is 52.4 Å². The van der Waals surface area contributed by atoms with Crippen LogP contribution in [0.25, 0.3) is 0 Å². The molecule has 2 unspecified atom stereocenters. The monoisotopic (exact) mass is 317 g/mol. The van der Waals surface area contributed by atoms with Crippen molar-refractivity contribution in [2.45, 2.75) is 64.0 Å². The van der Waals surface area contributed by atoms with Crippen molar-refractivity contribution in [3.05, 3.63) is 0 Å². The fraction of sp³-hybridized carbons (Fsp3) is 0.867. The lowest BCUT2D eigenvalue weighted by Gasteiger charge is -2.39. The van der Waals surface area contributed by atoms with Crippen LogP contribution in [0.4, 0.5) is 0 Å². The van der Waals surface area contributed by atoms with Crippen molar-refractivity contribution in [2.75, 3.05) is 13.1 Å². The van der Waals surface area contributed by atoms with Gasteiger partial charge in [-0.15, -0.1) is 12.4 Å². The summed E-state index contributed by atoms with van der Waals surface area (Å²) in [6.45, 7) is 5.51. The minimum atomic E-state index is -0.679. The van der Waals surface area contributed by atoms with Crippen LogP contribution in [0.2, 0.25) is 0 Å². The molecule has 6 heteroatoms. The van der Waals surface area contributed by atoms with Crippen molar-refractivity contribution in [3.8, 4) is 0 Å². The van der Waals surface area contributed by atoms with Crippen LogP contribution in [0, 0.1) is 5.92 Å². The number of amides is 2. The average molecular weight is 318 g/mol. The van der Waals surface area contributed by atoms with E-state index in [9.17, 15) is 9.59 Å². The normalized spacial score (nSPS) is 28.1. The van der Waals surface area contributed by atoms with E-state index in [0.717, 1.165) is 51.6 Å². The van der Waals surface area contributed by atoms with Crippen LogP contribution in [-0.2, 0) is 9.59 Å². The molecular formula is C15H28ClN3O2. The summed E-state index contributed by atoms with van der Waals surface area (Å²) in [5.41, 5.74) is -0.679. The highest BCUT2D eigenvalue weighted by Gasteiger charge is 2.41. The van der Waals surface area contributed by atoms with E-state index in [1.165, 1.54) is 6.92 Å². The first-order valence-corrected chi connectivity index (χ1v) is 7.84. The maximum atomic E-state index is 12.7. The highest BCUT2D eigenvalue weighted by Crippen LogP contribution is 2.29. The van der Waals surface area contributed by atoms with Crippen molar-refractivity contribution >= 4 is 24.2 Å². The number of hydrogen-bond donors (Lipinski definition) is 3. The zero-order valence-corrected chi connectivity index (χ0v) is 13.9. The first-order chi connectivity index (χ1) is 9.53. The van der Waals surface area contributed by atoms with Crippen molar-refractivity contribution < 1.29 is 9.59 Å². The van der Waals surface area contributed by atoms with Gasteiger partial charge in [0.2, 0.25) is 11.8 Å². The Morgan fingerprint density at radius 1 is 1.19 bits per heavy atom. The lowest BCUT2D eigenvalue weighted by atomic mass is 9.80. The first kappa shape index (κ1) is 18.2. The molecule has 0 bridgehead atoms. The van der Waals surface area contributed by atoms with Crippen LogP contribution in [0.3, 0.4) is 0 Å². The minimum Gasteiger partial charge on any atom is -0.350 e. The van der Waals surface area contributed by atoms with Gasteiger partial charge in [-0.3, -0.25) is 9.59 Å². The number of carbonyl (C=O) groups is 2. The van der Waals surface area contributed by atoms with Gasteiger partial charge in [0.05, 0.1) is 0 Å². The van der Waals surface area contributed by atoms with Gasteiger partial charge in [-0.1, -0.05) is 26.2 Å². The third-order valence-electron chi connectivity index (χ3n) is 4.70. The summed E-state index contributed by atoms with van der Waals surface area (Å²) in [6.07, 6.45) is 5.76. The highest BCUT2D eigenvalue weighted by molar-refractivity contribution is 5.91. The maximum Gasteiger partial charge on any atom is 0.246 e. The van der Waals surface area contributed by atoms with Crippen molar-refractivity contribution in [3.63, 3.8) is 0 Å². The third-order valence-corrected chi connectivity index (χ3v) is 4.70. The second kappa shape index (κ2) is 7.99. The summed E-state index contributed by atoms with van der Waals surface area (Å²) in [5, 5.41) is 9.42. The second-order valence-corrected chi connectivity index (χ2v) is 6.37. The summed E-state index contributed by atoms with van der Waals surface area (Å²) < 4.78 is 0. The van der Waals surface area contributed by atoms with Gasteiger partial charge in [0.25, 0.3) is 0 Å². The molecule has 5 nitrogen and oxygen atoms in total. The van der Waals surface area contributed by atoms with Gasteiger partial charge < -0.3 is 16.0 Å². The van der Waals surface area contributed by atoms with E-state index in [-0.39, 0.29) is 30.3 Å². The number of rotatable bonds is 3. The lowest BCUT2D eigenvalue weighted by molar-refractivity contribution is -0.135. The van der Waals surface area contributed by atoms with Gasteiger partial charge in [-0.05, 0) is 31.7 Å². The van der Waals surface area contributed by atoms with Crippen LogP contribution >= 0.6 is 12.4 Å². The minimum absolute atomic E-state index is 0. The Morgan fingerprint density at radius 2 is 1.86 bits per heavy atom. The van der Waals surface area contributed by atoms with Gasteiger partial charge in [-0.2, -0.15) is 0 Å². The predicted molar refractivity (Wildman–Crippen MR) is 85.5 cm³/mol. The Kier molecular flexibility index (Phi) is 6.94. The van der Waals surface area contributed by atoms with E-state index >= 15 is 0 Å². The van der Waals surface area contributed by atoms with Gasteiger partial charge >= 0.3 is 0 Å². The van der Waals surface area contributed by atoms with Gasteiger partial charge in [-0.25, -0.2) is 0 Å². The van der Waals surface area contributed by atoms with Crippen molar-refractivity contribution in [1.29, 1.82) is 0 Å². The molecular weight excluding hydrogens is 290 g/mol. The van der Waals surface area contributed by atoms with E-state index in [0.29, 0.717) is 5.92 Å². The molecule has 2 rings (SSSR count). The summed E-state index contributed by atoms with van der Waals surface area (Å²) in [6, 6.07) is 0.170. The molecule has 122 valence electrons. The zero-order chi connectivity index (χ0) is 14.6. The number of nitrogens with one attached hydrogen (secondary N) is 3. The van der Waals surface area contributed by atoms with E-state index in [1.54, 1.807) is 0 Å². The number of piperidine rings is 1. The molecule has 1 saturated heterocycles. The molecule has 0 aromatic heterocycles. The summed E-state index contributed by atoms with van der Waals surface area (Å²) in [5.74, 6) is 0.378. The molecule has 0 aromatic carbocycles. The molecule has 21 heavy (non-hydrogen) atoms. The van der Waals surface area contributed by atoms with Gasteiger partial charge in [0, 0.05) is 19.5 Å². The van der Waals surface area contributed by atoms with Crippen molar-refractivity contribution in [2.24, 2.45) is 5.92 Å². The fourth-order valence-corrected chi connectivity index (χ4v) is 3.39. The summed E-state index contributed by atoms with van der Waals surface area (Å²) >= 11 is 0. The molecule has 2 amide bonds. The molecule has 0 radical (unpaired) electrons. The maximum absolute atomic E-state index is 12.7. The van der Waals surface area contributed by atoms with Crippen LogP contribution in [0.15, 0.2) is 0 Å². The summed E-state index contributed by atoms with van der Waals surface area (Å²) in [7, 11) is 0. The number of carbonyl (C=O) groups excluding carboxylic acids is 2. The third kappa shape index (κ3) is 4.58. The molecule has 1 aliphatic carbocycles. The van der Waals surface area contributed by atoms with Gasteiger partial charge in [0.15, 0.2) is 0 Å². The smallest absolute Gasteiger partial charge is 0.246 e. The topological polar surface area (TPSA) is 70.2 Å². The average Bonchev–Trinajstić information content (AvgIpc) is 2.41. The lowest BCUT2D eigenvalue weighted by Crippen LogP contribution is -2.63. The van der Waals surface area contributed by atoms with E-state index in [4.69, 9.17) is 0 Å². The first-order valence-electron chi connectivity index (χ1n) is 7.84. The number of hydrogen-bond acceptors (Lipinski definition) is 3. The van der Waals surface area contributed by atoms with E-state index in [1.807, 2.05) is 0 Å². The molecule has 2 atom stereocenters. The Labute approximate surface area is 133 Å². The van der Waals surface area contributed by atoms with E-state index < -0.39 is 5.54 Å². The van der Waals surface area contributed by atoms with E-state index in [2.05, 4.69) is 22.9 Å². The van der Waals surface area contributed by atoms with Crippen LogP contribution in [-0.4, -0.2) is 36.5 Å². The number of halogens is 1. The standard InChI is InChI=1S/C15H27N3O2.ClH/c1-11-6-9-16-10-13(11)17-14(20)15(18-12(2)19)7-4-3-5-8-15;/h11,13,16H,3-10H2,1-2H3,(H,17,20)(H,18,19);1H. The van der Waals surface area contributed by atoms with Crippen LogP contribution < -0.4 is 16.0 Å². The Bertz CT molecular complexity index is 370. The quantitative estimate of drug-likeness (QED) is 0.736.